The van der Waals surface area contributed by atoms with Gasteiger partial charge < -0.3 is 10.1 Å². The number of rotatable bonds is 6. The first-order valence-corrected chi connectivity index (χ1v) is 6.14. The summed E-state index contributed by atoms with van der Waals surface area (Å²) in [6.45, 7) is 4.86. The van der Waals surface area contributed by atoms with Gasteiger partial charge in [0, 0.05) is 12.2 Å². The van der Waals surface area contributed by atoms with Gasteiger partial charge in [0.05, 0.1) is 12.3 Å². The monoisotopic (exact) mass is 220 g/mol. The number of hydrogen-bond acceptors (Lipinski definition) is 3. The number of nitrogens with zero attached hydrogens (tertiary/aromatic N) is 1. The minimum absolute atomic E-state index is 0.496. The van der Waals surface area contributed by atoms with Crippen LogP contribution in [0.4, 0.5) is 5.69 Å². The predicted octanol–water partition coefficient (Wildman–Crippen LogP) is 3.08. The van der Waals surface area contributed by atoms with Gasteiger partial charge in [0.25, 0.3) is 0 Å². The van der Waals surface area contributed by atoms with Crippen LogP contribution in [0.2, 0.25) is 0 Å². The van der Waals surface area contributed by atoms with E-state index >= 15 is 0 Å². The molecule has 0 aromatic carbocycles. The molecular formula is C13H20N2O. The molecule has 1 unspecified atom stereocenters. The van der Waals surface area contributed by atoms with E-state index in [0.717, 1.165) is 11.6 Å². The predicted molar refractivity (Wildman–Crippen MR) is 65.8 cm³/mol. The highest BCUT2D eigenvalue weighted by Gasteiger charge is 2.23. The molecule has 1 aromatic heterocycles. The van der Waals surface area contributed by atoms with Gasteiger partial charge in [0.15, 0.2) is 0 Å². The summed E-state index contributed by atoms with van der Waals surface area (Å²) in [5, 5.41) is 3.48. The van der Waals surface area contributed by atoms with Crippen LogP contribution in [0.15, 0.2) is 18.3 Å². The van der Waals surface area contributed by atoms with Crippen molar-refractivity contribution in [1.82, 2.24) is 4.98 Å². The van der Waals surface area contributed by atoms with Crippen LogP contribution >= 0.6 is 0 Å². The minimum Gasteiger partial charge on any atom is -0.476 e. The molecule has 1 saturated carbocycles. The van der Waals surface area contributed by atoms with E-state index in [-0.39, 0.29) is 0 Å². The lowest BCUT2D eigenvalue weighted by Crippen LogP contribution is -2.16. The average molecular weight is 220 g/mol. The minimum atomic E-state index is 0.496. The van der Waals surface area contributed by atoms with E-state index in [1.54, 1.807) is 6.20 Å². The van der Waals surface area contributed by atoms with Crippen LogP contribution in [0.3, 0.4) is 0 Å². The Morgan fingerprint density at radius 1 is 1.56 bits per heavy atom. The van der Waals surface area contributed by atoms with Crippen LogP contribution in [0.5, 0.6) is 5.88 Å². The largest absolute Gasteiger partial charge is 0.476 e. The molecule has 1 aliphatic carbocycles. The number of anilines is 1. The smallest absolute Gasteiger partial charge is 0.237 e. The lowest BCUT2D eigenvalue weighted by atomic mass is 10.1. The third-order valence-electron chi connectivity index (χ3n) is 2.84. The van der Waals surface area contributed by atoms with Crippen molar-refractivity contribution in [2.75, 3.05) is 11.9 Å². The van der Waals surface area contributed by atoms with Gasteiger partial charge in [-0.05, 0) is 38.3 Å². The Morgan fingerprint density at radius 3 is 3.06 bits per heavy atom. The van der Waals surface area contributed by atoms with E-state index in [1.807, 2.05) is 19.1 Å². The highest BCUT2D eigenvalue weighted by Crippen LogP contribution is 2.34. The molecular weight excluding hydrogens is 200 g/mol. The highest BCUT2D eigenvalue weighted by molar-refractivity contribution is 5.52. The molecule has 0 amide bonds. The van der Waals surface area contributed by atoms with Gasteiger partial charge in [-0.3, -0.25) is 0 Å². The third kappa shape index (κ3) is 3.12. The van der Waals surface area contributed by atoms with Crippen molar-refractivity contribution in [3.8, 4) is 5.88 Å². The van der Waals surface area contributed by atoms with E-state index in [2.05, 4.69) is 17.2 Å². The summed E-state index contributed by atoms with van der Waals surface area (Å²) in [6, 6.07) is 4.46. The normalized spacial score (nSPS) is 16.9. The third-order valence-corrected chi connectivity index (χ3v) is 2.84. The summed E-state index contributed by atoms with van der Waals surface area (Å²) in [5.41, 5.74) is 1.01. The molecule has 1 N–H and O–H groups in total. The van der Waals surface area contributed by atoms with Gasteiger partial charge >= 0.3 is 0 Å². The standard InChI is InChI=1S/C13H20N2O/c1-3-16-13-12(5-4-8-14-13)15-10(2)9-11-6-7-11/h4-5,8,10-11,15H,3,6-7,9H2,1-2H3. The second kappa shape index (κ2) is 5.19. The number of ether oxygens (including phenoxy) is 1. The molecule has 0 aliphatic heterocycles. The summed E-state index contributed by atoms with van der Waals surface area (Å²) in [7, 11) is 0. The van der Waals surface area contributed by atoms with Crippen molar-refractivity contribution >= 4 is 5.69 Å². The Kier molecular flexibility index (Phi) is 3.65. The van der Waals surface area contributed by atoms with Crippen molar-refractivity contribution in [1.29, 1.82) is 0 Å². The molecule has 0 bridgehead atoms. The van der Waals surface area contributed by atoms with E-state index in [9.17, 15) is 0 Å². The maximum absolute atomic E-state index is 5.48. The van der Waals surface area contributed by atoms with Crippen LogP contribution in [0.25, 0.3) is 0 Å². The molecule has 0 spiro atoms. The quantitative estimate of drug-likeness (QED) is 0.800. The first kappa shape index (κ1) is 11.2. The maximum atomic E-state index is 5.48. The summed E-state index contributed by atoms with van der Waals surface area (Å²) in [6.07, 6.45) is 5.82. The molecule has 0 radical (unpaired) electrons. The van der Waals surface area contributed by atoms with Crippen LogP contribution < -0.4 is 10.1 Å². The number of aromatic nitrogens is 1. The van der Waals surface area contributed by atoms with E-state index in [1.165, 1.54) is 19.3 Å². The SMILES string of the molecule is CCOc1ncccc1NC(C)CC1CC1. The average Bonchev–Trinajstić information content (AvgIpc) is 3.05. The molecule has 1 atom stereocenters. The van der Waals surface area contributed by atoms with Crippen LogP contribution in [-0.2, 0) is 0 Å². The Balaban J connectivity index is 1.95. The van der Waals surface area contributed by atoms with Crippen molar-refractivity contribution < 1.29 is 4.74 Å². The first-order chi connectivity index (χ1) is 7.79. The fraction of sp³-hybridized carbons (Fsp3) is 0.615. The molecule has 2 rings (SSSR count). The van der Waals surface area contributed by atoms with Crippen LogP contribution in [0, 0.1) is 5.92 Å². The van der Waals surface area contributed by atoms with Crippen molar-refractivity contribution in [3.05, 3.63) is 18.3 Å². The molecule has 1 aromatic rings. The van der Waals surface area contributed by atoms with Gasteiger partial charge in [-0.25, -0.2) is 4.98 Å². The number of hydrogen-bond donors (Lipinski definition) is 1. The number of pyridine rings is 1. The lowest BCUT2D eigenvalue weighted by Gasteiger charge is -2.16. The molecule has 88 valence electrons. The summed E-state index contributed by atoms with van der Waals surface area (Å²) >= 11 is 0. The molecule has 1 fully saturated rings. The maximum Gasteiger partial charge on any atom is 0.237 e. The zero-order valence-corrected chi connectivity index (χ0v) is 10.1. The molecule has 16 heavy (non-hydrogen) atoms. The van der Waals surface area contributed by atoms with Gasteiger partial charge in [0.1, 0.15) is 0 Å². The second-order valence-corrected chi connectivity index (χ2v) is 4.51. The van der Waals surface area contributed by atoms with Gasteiger partial charge in [-0.2, -0.15) is 0 Å². The Bertz CT molecular complexity index is 336. The first-order valence-electron chi connectivity index (χ1n) is 6.14. The highest BCUT2D eigenvalue weighted by atomic mass is 16.5. The summed E-state index contributed by atoms with van der Waals surface area (Å²) in [4.78, 5) is 4.23. The van der Waals surface area contributed by atoms with E-state index in [4.69, 9.17) is 4.74 Å². The van der Waals surface area contributed by atoms with E-state index in [0.29, 0.717) is 18.5 Å². The Labute approximate surface area is 97.2 Å². The molecule has 1 aliphatic rings. The van der Waals surface area contributed by atoms with Gasteiger partial charge in [-0.1, -0.05) is 12.8 Å². The number of nitrogens with one attached hydrogen (secondary N) is 1. The van der Waals surface area contributed by atoms with Crippen LogP contribution in [-0.4, -0.2) is 17.6 Å². The van der Waals surface area contributed by atoms with Crippen molar-refractivity contribution in [2.24, 2.45) is 5.92 Å². The fourth-order valence-corrected chi connectivity index (χ4v) is 1.93. The second-order valence-electron chi connectivity index (χ2n) is 4.51. The van der Waals surface area contributed by atoms with Gasteiger partial charge in [-0.15, -0.1) is 0 Å². The van der Waals surface area contributed by atoms with Gasteiger partial charge in [0.2, 0.25) is 5.88 Å². The summed E-state index contributed by atoms with van der Waals surface area (Å²) < 4.78 is 5.48. The topological polar surface area (TPSA) is 34.1 Å². The molecule has 3 heteroatoms. The van der Waals surface area contributed by atoms with Crippen LogP contribution in [0.1, 0.15) is 33.1 Å². The van der Waals surface area contributed by atoms with Crippen molar-refractivity contribution in [3.63, 3.8) is 0 Å². The zero-order chi connectivity index (χ0) is 11.4. The van der Waals surface area contributed by atoms with Crippen molar-refractivity contribution in [2.45, 2.75) is 39.2 Å². The van der Waals surface area contributed by atoms with E-state index < -0.39 is 0 Å². The lowest BCUT2D eigenvalue weighted by molar-refractivity contribution is 0.328. The zero-order valence-electron chi connectivity index (χ0n) is 10.1. The fourth-order valence-electron chi connectivity index (χ4n) is 1.93. The molecule has 3 nitrogen and oxygen atoms in total. The molecule has 0 saturated heterocycles. The Morgan fingerprint density at radius 2 is 2.38 bits per heavy atom. The Hall–Kier alpha value is -1.25. The molecule has 1 heterocycles. The summed E-state index contributed by atoms with van der Waals surface area (Å²) in [5.74, 6) is 1.65.